The molecule has 1 amide bonds. The summed E-state index contributed by atoms with van der Waals surface area (Å²) in [6, 6.07) is 15.2. The first-order valence-corrected chi connectivity index (χ1v) is 10.5. The van der Waals surface area contributed by atoms with Gasteiger partial charge in [-0.05, 0) is 43.3 Å². The SMILES string of the molecule is CC(SCC(=O)N1CCN(c2ccc(O)cc2)CC1)c1nc2ccccc2[nH]1. The zero-order valence-corrected chi connectivity index (χ0v) is 16.7. The fourth-order valence-electron chi connectivity index (χ4n) is 3.41. The molecule has 1 aromatic heterocycles. The van der Waals surface area contributed by atoms with Crippen molar-refractivity contribution in [1.82, 2.24) is 14.9 Å². The number of para-hydroxylation sites is 2. The number of rotatable bonds is 5. The highest BCUT2D eigenvalue weighted by Crippen LogP contribution is 2.28. The maximum absolute atomic E-state index is 12.6. The van der Waals surface area contributed by atoms with Gasteiger partial charge in [0.1, 0.15) is 11.6 Å². The average Bonchev–Trinajstić information content (AvgIpc) is 3.17. The molecule has 3 aromatic rings. The molecule has 146 valence electrons. The molecule has 1 fully saturated rings. The lowest BCUT2D eigenvalue weighted by Gasteiger charge is -2.36. The number of benzene rings is 2. The first-order valence-electron chi connectivity index (χ1n) is 9.48. The molecule has 1 atom stereocenters. The molecular formula is C21H24N4O2S. The summed E-state index contributed by atoms with van der Waals surface area (Å²) in [6.07, 6.45) is 0. The number of hydrogen-bond acceptors (Lipinski definition) is 5. The standard InChI is InChI=1S/C21H24N4O2S/c1-15(21-22-18-4-2-3-5-19(18)23-21)28-14-20(27)25-12-10-24(11-13-25)16-6-8-17(26)9-7-16/h2-9,15,26H,10-14H2,1H3,(H,22,23). The van der Waals surface area contributed by atoms with Crippen molar-refractivity contribution in [3.05, 3.63) is 54.4 Å². The van der Waals surface area contributed by atoms with E-state index in [2.05, 4.69) is 21.8 Å². The van der Waals surface area contributed by atoms with Gasteiger partial charge in [0.15, 0.2) is 0 Å². The molecule has 2 heterocycles. The lowest BCUT2D eigenvalue weighted by atomic mass is 10.2. The molecule has 0 aliphatic carbocycles. The Labute approximate surface area is 168 Å². The largest absolute Gasteiger partial charge is 0.508 e. The lowest BCUT2D eigenvalue weighted by Crippen LogP contribution is -2.49. The summed E-state index contributed by atoms with van der Waals surface area (Å²) in [4.78, 5) is 24.8. The van der Waals surface area contributed by atoms with Crippen LogP contribution in [0.3, 0.4) is 0 Å². The van der Waals surface area contributed by atoms with Gasteiger partial charge in [-0.2, -0.15) is 0 Å². The number of anilines is 1. The monoisotopic (exact) mass is 396 g/mol. The van der Waals surface area contributed by atoms with E-state index >= 15 is 0 Å². The number of phenols is 1. The number of carbonyl (C=O) groups is 1. The number of nitrogens with one attached hydrogen (secondary N) is 1. The summed E-state index contributed by atoms with van der Waals surface area (Å²) < 4.78 is 0. The van der Waals surface area contributed by atoms with E-state index in [9.17, 15) is 9.90 Å². The van der Waals surface area contributed by atoms with Crippen molar-refractivity contribution in [2.45, 2.75) is 12.2 Å². The van der Waals surface area contributed by atoms with Gasteiger partial charge in [-0.15, -0.1) is 11.8 Å². The Morgan fingerprint density at radius 1 is 1.14 bits per heavy atom. The van der Waals surface area contributed by atoms with E-state index in [1.807, 2.05) is 41.3 Å². The van der Waals surface area contributed by atoms with Crippen LogP contribution < -0.4 is 4.90 Å². The first kappa shape index (κ1) is 18.7. The predicted molar refractivity (Wildman–Crippen MR) is 114 cm³/mol. The molecule has 6 nitrogen and oxygen atoms in total. The van der Waals surface area contributed by atoms with Gasteiger partial charge in [-0.3, -0.25) is 4.79 Å². The van der Waals surface area contributed by atoms with Crippen LogP contribution in [-0.2, 0) is 4.79 Å². The molecule has 2 N–H and O–H groups in total. The second-order valence-corrected chi connectivity index (χ2v) is 8.31. The summed E-state index contributed by atoms with van der Waals surface area (Å²) in [5.41, 5.74) is 3.07. The number of carbonyl (C=O) groups excluding carboxylic acids is 1. The van der Waals surface area contributed by atoms with Gasteiger partial charge in [-0.25, -0.2) is 4.98 Å². The van der Waals surface area contributed by atoms with Crippen LogP contribution in [0.25, 0.3) is 11.0 Å². The Morgan fingerprint density at radius 3 is 2.57 bits per heavy atom. The molecule has 1 aliphatic heterocycles. The highest BCUT2D eigenvalue weighted by molar-refractivity contribution is 8.00. The Kier molecular flexibility index (Phi) is 5.43. The number of imidazole rings is 1. The fourth-order valence-corrected chi connectivity index (χ4v) is 4.25. The number of aromatic nitrogens is 2. The molecule has 0 saturated carbocycles. The van der Waals surface area contributed by atoms with Crippen LogP contribution in [0, 0.1) is 0 Å². The van der Waals surface area contributed by atoms with Crippen LogP contribution >= 0.6 is 11.8 Å². The molecule has 0 spiro atoms. The summed E-state index contributed by atoms with van der Waals surface area (Å²) >= 11 is 1.62. The number of amides is 1. The molecule has 4 rings (SSSR count). The van der Waals surface area contributed by atoms with E-state index in [0.717, 1.165) is 48.7 Å². The number of piperazine rings is 1. The maximum Gasteiger partial charge on any atom is 0.232 e. The van der Waals surface area contributed by atoms with E-state index in [-0.39, 0.29) is 16.9 Å². The van der Waals surface area contributed by atoms with Gasteiger partial charge in [0, 0.05) is 31.9 Å². The van der Waals surface area contributed by atoms with Crippen LogP contribution in [0.2, 0.25) is 0 Å². The molecular weight excluding hydrogens is 372 g/mol. The van der Waals surface area contributed by atoms with Gasteiger partial charge < -0.3 is 19.9 Å². The van der Waals surface area contributed by atoms with Crippen molar-refractivity contribution in [3.8, 4) is 5.75 Å². The van der Waals surface area contributed by atoms with Crippen molar-refractivity contribution in [1.29, 1.82) is 0 Å². The Bertz CT molecular complexity index is 915. The third-order valence-corrected chi connectivity index (χ3v) is 6.23. The topological polar surface area (TPSA) is 72.5 Å². The number of phenolic OH excluding ortho intramolecular Hbond substituents is 1. The first-order chi connectivity index (χ1) is 13.6. The summed E-state index contributed by atoms with van der Waals surface area (Å²) in [7, 11) is 0. The minimum absolute atomic E-state index is 0.134. The third-order valence-electron chi connectivity index (χ3n) is 5.10. The molecule has 7 heteroatoms. The number of H-pyrrole nitrogens is 1. The van der Waals surface area contributed by atoms with Crippen molar-refractivity contribution in [2.75, 3.05) is 36.8 Å². The van der Waals surface area contributed by atoms with Gasteiger partial charge in [-0.1, -0.05) is 12.1 Å². The smallest absolute Gasteiger partial charge is 0.232 e. The molecule has 1 unspecified atom stereocenters. The molecule has 0 bridgehead atoms. The molecule has 28 heavy (non-hydrogen) atoms. The second-order valence-electron chi connectivity index (χ2n) is 6.98. The Balaban J connectivity index is 1.28. The maximum atomic E-state index is 12.6. The van der Waals surface area contributed by atoms with Gasteiger partial charge in [0.2, 0.25) is 5.91 Å². The van der Waals surface area contributed by atoms with Gasteiger partial charge in [0.25, 0.3) is 0 Å². The van der Waals surface area contributed by atoms with Crippen LogP contribution in [0.5, 0.6) is 5.75 Å². The van der Waals surface area contributed by atoms with Crippen LogP contribution in [-0.4, -0.2) is 57.8 Å². The number of aromatic amines is 1. The lowest BCUT2D eigenvalue weighted by molar-refractivity contribution is -0.128. The van der Waals surface area contributed by atoms with Crippen molar-refractivity contribution < 1.29 is 9.90 Å². The number of fused-ring (bicyclic) bond motifs is 1. The molecule has 1 saturated heterocycles. The highest BCUT2D eigenvalue weighted by Gasteiger charge is 2.22. The van der Waals surface area contributed by atoms with E-state index < -0.39 is 0 Å². The predicted octanol–water partition coefficient (Wildman–Crippen LogP) is 3.41. The minimum Gasteiger partial charge on any atom is -0.508 e. The second kappa shape index (κ2) is 8.14. The van der Waals surface area contributed by atoms with Gasteiger partial charge in [0.05, 0.1) is 22.0 Å². The van der Waals surface area contributed by atoms with Crippen molar-refractivity contribution in [2.24, 2.45) is 0 Å². The van der Waals surface area contributed by atoms with Gasteiger partial charge >= 0.3 is 0 Å². The zero-order valence-electron chi connectivity index (χ0n) is 15.8. The Morgan fingerprint density at radius 2 is 1.86 bits per heavy atom. The number of hydrogen-bond donors (Lipinski definition) is 2. The molecule has 1 aliphatic rings. The van der Waals surface area contributed by atoms with E-state index in [1.165, 1.54) is 0 Å². The number of nitrogens with zero attached hydrogens (tertiary/aromatic N) is 3. The third kappa shape index (κ3) is 4.09. The van der Waals surface area contributed by atoms with Crippen molar-refractivity contribution in [3.63, 3.8) is 0 Å². The van der Waals surface area contributed by atoms with E-state index in [4.69, 9.17) is 0 Å². The van der Waals surface area contributed by atoms with E-state index in [0.29, 0.717) is 5.75 Å². The zero-order chi connectivity index (χ0) is 19.5. The average molecular weight is 397 g/mol. The van der Waals surface area contributed by atoms with Crippen LogP contribution in [0.15, 0.2) is 48.5 Å². The normalized spacial score (nSPS) is 15.8. The fraction of sp³-hybridized carbons (Fsp3) is 0.333. The summed E-state index contributed by atoms with van der Waals surface area (Å²) in [6.45, 7) is 5.14. The van der Waals surface area contributed by atoms with Crippen LogP contribution in [0.4, 0.5) is 5.69 Å². The summed E-state index contributed by atoms with van der Waals surface area (Å²) in [5.74, 6) is 1.82. The van der Waals surface area contributed by atoms with Crippen LogP contribution in [0.1, 0.15) is 18.0 Å². The van der Waals surface area contributed by atoms with Crippen molar-refractivity contribution >= 4 is 34.4 Å². The Hall–Kier alpha value is -2.67. The quantitative estimate of drug-likeness (QED) is 0.691. The number of aromatic hydroxyl groups is 1. The molecule has 0 radical (unpaired) electrons. The van der Waals surface area contributed by atoms with E-state index in [1.54, 1.807) is 23.9 Å². The molecule has 2 aromatic carbocycles. The minimum atomic E-state index is 0.134. The number of thioether (sulfide) groups is 1. The summed E-state index contributed by atoms with van der Waals surface area (Å²) in [5, 5.41) is 9.55. The highest BCUT2D eigenvalue weighted by atomic mass is 32.2.